The van der Waals surface area contributed by atoms with E-state index in [2.05, 4.69) is 0 Å². The molecule has 1 heterocycles. The van der Waals surface area contributed by atoms with E-state index in [1.807, 2.05) is 49.4 Å². The number of methoxy groups -OCH3 is 1. The largest absolute Gasteiger partial charge is 0.497 e. The molecule has 1 aromatic carbocycles. The Labute approximate surface area is 107 Å². The van der Waals surface area contributed by atoms with Crippen LogP contribution in [0.1, 0.15) is 12.5 Å². The molecular weight excluding hydrogens is 228 g/mol. The number of allylic oxidation sites excluding steroid dienone is 1. The van der Waals surface area contributed by atoms with Gasteiger partial charge >= 0.3 is 5.97 Å². The van der Waals surface area contributed by atoms with Crippen molar-refractivity contribution >= 4 is 12.0 Å². The lowest BCUT2D eigenvalue weighted by Gasteiger charge is -2.05. The number of carbonyl (C=O) groups is 1. The zero-order chi connectivity index (χ0) is 13.0. The molecule has 0 aromatic heterocycles. The third-order valence-electron chi connectivity index (χ3n) is 2.94. The normalized spacial score (nSPS) is 16.6. The van der Waals surface area contributed by atoms with E-state index in [4.69, 9.17) is 9.47 Å². The van der Waals surface area contributed by atoms with Crippen LogP contribution in [0.2, 0.25) is 0 Å². The molecule has 0 N–H and O–H groups in total. The molecule has 1 atom stereocenters. The Bertz CT molecular complexity index is 483. The summed E-state index contributed by atoms with van der Waals surface area (Å²) < 4.78 is 9.98. The van der Waals surface area contributed by atoms with Crippen molar-refractivity contribution in [3.05, 3.63) is 47.6 Å². The van der Waals surface area contributed by atoms with Gasteiger partial charge in [-0.25, -0.2) is 4.79 Å². The number of hydrogen-bond acceptors (Lipinski definition) is 3. The Kier molecular flexibility index (Phi) is 3.82. The van der Waals surface area contributed by atoms with Crippen LogP contribution in [0.3, 0.4) is 0 Å². The third-order valence-corrected chi connectivity index (χ3v) is 2.94. The lowest BCUT2D eigenvalue weighted by atomic mass is 10.0. The van der Waals surface area contributed by atoms with Crippen LogP contribution in [-0.2, 0) is 9.53 Å². The van der Waals surface area contributed by atoms with E-state index in [9.17, 15) is 4.79 Å². The van der Waals surface area contributed by atoms with E-state index < -0.39 is 0 Å². The number of esters is 1. The zero-order valence-electron chi connectivity index (χ0n) is 10.6. The Hall–Kier alpha value is -2.03. The highest BCUT2D eigenvalue weighted by atomic mass is 16.5. The molecule has 1 aromatic rings. The first-order chi connectivity index (χ1) is 8.70. The monoisotopic (exact) mass is 244 g/mol. The average Bonchev–Trinajstić information content (AvgIpc) is 2.83. The van der Waals surface area contributed by atoms with Crippen molar-refractivity contribution in [3.8, 4) is 5.75 Å². The fourth-order valence-electron chi connectivity index (χ4n) is 1.82. The molecule has 94 valence electrons. The van der Waals surface area contributed by atoms with E-state index in [-0.39, 0.29) is 11.9 Å². The highest BCUT2D eigenvalue weighted by Gasteiger charge is 2.20. The molecule has 0 spiro atoms. The fraction of sp³-hybridized carbons (Fsp3) is 0.267. The molecule has 3 heteroatoms. The summed E-state index contributed by atoms with van der Waals surface area (Å²) in [6.45, 7) is 2.38. The predicted molar refractivity (Wildman–Crippen MR) is 70.2 cm³/mol. The molecule has 0 radical (unpaired) electrons. The molecule has 0 amide bonds. The zero-order valence-corrected chi connectivity index (χ0v) is 10.6. The van der Waals surface area contributed by atoms with Gasteiger partial charge in [0.25, 0.3) is 0 Å². The molecule has 0 aliphatic carbocycles. The Morgan fingerprint density at radius 3 is 2.61 bits per heavy atom. The van der Waals surface area contributed by atoms with Gasteiger partial charge in [0, 0.05) is 11.5 Å². The van der Waals surface area contributed by atoms with Crippen molar-refractivity contribution in [2.24, 2.45) is 5.92 Å². The summed E-state index contributed by atoms with van der Waals surface area (Å²) in [4.78, 5) is 11.4. The molecule has 0 saturated heterocycles. The van der Waals surface area contributed by atoms with Crippen LogP contribution in [0.15, 0.2) is 42.0 Å². The summed E-state index contributed by atoms with van der Waals surface area (Å²) in [5.41, 5.74) is 1.81. The lowest BCUT2D eigenvalue weighted by molar-refractivity contribution is -0.136. The van der Waals surface area contributed by atoms with Gasteiger partial charge in [0.2, 0.25) is 0 Å². The Balaban J connectivity index is 2.03. The first-order valence-corrected chi connectivity index (χ1v) is 5.90. The summed E-state index contributed by atoms with van der Waals surface area (Å²) in [6.07, 6.45) is 5.84. The SMILES string of the molecule is COc1ccc(/C=C/C(C)C2=CCOC2=O)cc1. The minimum Gasteiger partial charge on any atom is -0.497 e. The highest BCUT2D eigenvalue weighted by molar-refractivity contribution is 5.91. The minimum absolute atomic E-state index is 0.0714. The highest BCUT2D eigenvalue weighted by Crippen LogP contribution is 2.20. The second-order valence-corrected chi connectivity index (χ2v) is 4.18. The van der Waals surface area contributed by atoms with Gasteiger partial charge in [-0.15, -0.1) is 0 Å². The fourth-order valence-corrected chi connectivity index (χ4v) is 1.82. The number of carbonyl (C=O) groups excluding carboxylic acids is 1. The molecule has 1 aliphatic rings. The lowest BCUT2D eigenvalue weighted by Crippen LogP contribution is -2.05. The molecule has 1 aliphatic heterocycles. The Morgan fingerprint density at radius 2 is 2.06 bits per heavy atom. The van der Waals surface area contributed by atoms with Crippen molar-refractivity contribution in [3.63, 3.8) is 0 Å². The molecule has 2 rings (SSSR count). The van der Waals surface area contributed by atoms with Gasteiger partial charge in [0.1, 0.15) is 12.4 Å². The van der Waals surface area contributed by atoms with Gasteiger partial charge in [-0.05, 0) is 23.8 Å². The van der Waals surface area contributed by atoms with Gasteiger partial charge < -0.3 is 9.47 Å². The predicted octanol–water partition coefficient (Wildman–Crippen LogP) is 2.83. The summed E-state index contributed by atoms with van der Waals surface area (Å²) >= 11 is 0. The molecular formula is C15H16O3. The van der Waals surface area contributed by atoms with Gasteiger partial charge in [-0.1, -0.05) is 31.2 Å². The van der Waals surface area contributed by atoms with Crippen LogP contribution < -0.4 is 4.74 Å². The number of hydrogen-bond donors (Lipinski definition) is 0. The van der Waals surface area contributed by atoms with Gasteiger partial charge in [0.05, 0.1) is 7.11 Å². The first kappa shape index (κ1) is 12.4. The molecule has 0 saturated carbocycles. The van der Waals surface area contributed by atoms with Gasteiger partial charge in [-0.3, -0.25) is 0 Å². The smallest absolute Gasteiger partial charge is 0.334 e. The van der Waals surface area contributed by atoms with Crippen molar-refractivity contribution < 1.29 is 14.3 Å². The van der Waals surface area contributed by atoms with E-state index in [1.54, 1.807) is 7.11 Å². The van der Waals surface area contributed by atoms with Crippen LogP contribution in [0, 0.1) is 5.92 Å². The summed E-state index contributed by atoms with van der Waals surface area (Å²) in [5, 5.41) is 0. The number of benzene rings is 1. The van der Waals surface area contributed by atoms with E-state index >= 15 is 0 Å². The second kappa shape index (κ2) is 5.54. The number of cyclic esters (lactones) is 1. The molecule has 0 fully saturated rings. The maximum atomic E-state index is 11.4. The molecule has 1 unspecified atom stereocenters. The quantitative estimate of drug-likeness (QED) is 0.764. The van der Waals surface area contributed by atoms with Crippen molar-refractivity contribution in [1.29, 1.82) is 0 Å². The van der Waals surface area contributed by atoms with E-state index in [0.717, 1.165) is 16.9 Å². The first-order valence-electron chi connectivity index (χ1n) is 5.90. The van der Waals surface area contributed by atoms with Crippen molar-refractivity contribution in [2.45, 2.75) is 6.92 Å². The average molecular weight is 244 g/mol. The number of ether oxygens (including phenoxy) is 2. The second-order valence-electron chi connectivity index (χ2n) is 4.18. The van der Waals surface area contributed by atoms with Gasteiger partial charge in [0.15, 0.2) is 0 Å². The van der Waals surface area contributed by atoms with Crippen LogP contribution in [0.4, 0.5) is 0 Å². The third kappa shape index (κ3) is 2.80. The topological polar surface area (TPSA) is 35.5 Å². The van der Waals surface area contributed by atoms with Crippen LogP contribution in [-0.4, -0.2) is 19.7 Å². The molecule has 0 bridgehead atoms. The summed E-state index contributed by atoms with van der Waals surface area (Å²) in [5.74, 6) is 0.700. The van der Waals surface area contributed by atoms with Crippen molar-refractivity contribution in [1.82, 2.24) is 0 Å². The molecule has 3 nitrogen and oxygen atoms in total. The van der Waals surface area contributed by atoms with E-state index in [0.29, 0.717) is 6.61 Å². The summed E-state index contributed by atoms with van der Waals surface area (Å²) in [6, 6.07) is 7.77. The maximum absolute atomic E-state index is 11.4. The number of rotatable bonds is 4. The van der Waals surface area contributed by atoms with E-state index in [1.165, 1.54) is 0 Å². The minimum atomic E-state index is -0.207. The Morgan fingerprint density at radius 1 is 1.33 bits per heavy atom. The standard InChI is InChI=1S/C15H16O3/c1-11(14-9-10-18-15(14)16)3-4-12-5-7-13(17-2)8-6-12/h3-9,11H,10H2,1-2H3/b4-3+. The van der Waals surface area contributed by atoms with Crippen LogP contribution in [0.25, 0.3) is 6.08 Å². The van der Waals surface area contributed by atoms with Crippen molar-refractivity contribution in [2.75, 3.05) is 13.7 Å². The molecule has 18 heavy (non-hydrogen) atoms. The summed E-state index contributed by atoms with van der Waals surface area (Å²) in [7, 11) is 1.64. The van der Waals surface area contributed by atoms with Crippen LogP contribution >= 0.6 is 0 Å². The maximum Gasteiger partial charge on any atom is 0.334 e. The van der Waals surface area contributed by atoms with Gasteiger partial charge in [-0.2, -0.15) is 0 Å². The van der Waals surface area contributed by atoms with Crippen LogP contribution in [0.5, 0.6) is 5.75 Å².